The highest BCUT2D eigenvalue weighted by molar-refractivity contribution is 7.08. The third kappa shape index (κ3) is 4.63. The van der Waals surface area contributed by atoms with E-state index in [0.29, 0.717) is 5.56 Å². The Morgan fingerprint density at radius 1 is 1.26 bits per heavy atom. The van der Waals surface area contributed by atoms with Crippen LogP contribution in [0.2, 0.25) is 0 Å². The van der Waals surface area contributed by atoms with Crippen molar-refractivity contribution in [1.29, 1.82) is 0 Å². The number of benzene rings is 1. The fourth-order valence-corrected chi connectivity index (χ4v) is 2.77. The Labute approximate surface area is 138 Å². The molecule has 1 aromatic heterocycles. The number of nitrogens with one attached hydrogen (secondary N) is 1. The van der Waals surface area contributed by atoms with Crippen LogP contribution in [-0.4, -0.2) is 30.3 Å². The zero-order valence-corrected chi connectivity index (χ0v) is 13.9. The lowest BCUT2D eigenvalue weighted by molar-refractivity contribution is -0.131. The van der Waals surface area contributed by atoms with Gasteiger partial charge in [0.15, 0.2) is 0 Å². The van der Waals surface area contributed by atoms with Gasteiger partial charge in [0, 0.05) is 31.0 Å². The monoisotopic (exact) mass is 334 g/mol. The fourth-order valence-electron chi connectivity index (χ4n) is 2.14. The zero-order valence-electron chi connectivity index (χ0n) is 13.1. The van der Waals surface area contributed by atoms with Gasteiger partial charge in [0.1, 0.15) is 5.82 Å². The standard InChI is InChI=1S/C17H19FN2O2S/c1-12(13-3-5-15(18)6-4-13)20(2)16(21)7-9-19-17(22)14-8-10-23-11-14/h3-6,8,10-12H,7,9H2,1-2H3,(H,19,22). The number of hydrogen-bond acceptors (Lipinski definition) is 3. The van der Waals surface area contributed by atoms with Crippen LogP contribution in [0.5, 0.6) is 0 Å². The molecule has 23 heavy (non-hydrogen) atoms. The van der Waals surface area contributed by atoms with E-state index in [0.717, 1.165) is 5.56 Å². The van der Waals surface area contributed by atoms with Crippen LogP contribution in [-0.2, 0) is 4.79 Å². The van der Waals surface area contributed by atoms with Gasteiger partial charge in [0.25, 0.3) is 5.91 Å². The smallest absolute Gasteiger partial charge is 0.252 e. The molecule has 1 atom stereocenters. The molecule has 0 saturated heterocycles. The molecule has 6 heteroatoms. The van der Waals surface area contributed by atoms with Gasteiger partial charge >= 0.3 is 0 Å². The number of halogens is 1. The van der Waals surface area contributed by atoms with E-state index < -0.39 is 0 Å². The highest BCUT2D eigenvalue weighted by Gasteiger charge is 2.17. The zero-order chi connectivity index (χ0) is 16.8. The summed E-state index contributed by atoms with van der Waals surface area (Å²) in [4.78, 5) is 25.6. The summed E-state index contributed by atoms with van der Waals surface area (Å²) in [6.45, 7) is 2.17. The Kier molecular flexibility index (Phi) is 5.87. The summed E-state index contributed by atoms with van der Waals surface area (Å²) < 4.78 is 12.9. The predicted octanol–water partition coefficient (Wildman–Crippen LogP) is 3.23. The Hall–Kier alpha value is -2.21. The number of amides is 2. The second kappa shape index (κ2) is 7.87. The van der Waals surface area contributed by atoms with Crippen molar-refractivity contribution in [2.75, 3.05) is 13.6 Å². The first kappa shape index (κ1) is 17.1. The molecule has 0 saturated carbocycles. The summed E-state index contributed by atoms with van der Waals surface area (Å²) in [5, 5.41) is 6.32. The van der Waals surface area contributed by atoms with E-state index in [1.54, 1.807) is 35.5 Å². The molecule has 1 aromatic carbocycles. The molecule has 0 aliphatic heterocycles. The van der Waals surface area contributed by atoms with Crippen LogP contribution in [0, 0.1) is 5.82 Å². The van der Waals surface area contributed by atoms with E-state index in [-0.39, 0.29) is 36.6 Å². The Bertz CT molecular complexity index is 656. The molecule has 1 N–H and O–H groups in total. The molecule has 0 aliphatic rings. The van der Waals surface area contributed by atoms with Crippen molar-refractivity contribution in [3.05, 3.63) is 58.0 Å². The van der Waals surface area contributed by atoms with Crippen molar-refractivity contribution < 1.29 is 14.0 Å². The average molecular weight is 334 g/mol. The number of rotatable bonds is 6. The number of carbonyl (C=O) groups is 2. The van der Waals surface area contributed by atoms with Crippen molar-refractivity contribution in [2.45, 2.75) is 19.4 Å². The maximum absolute atomic E-state index is 12.9. The van der Waals surface area contributed by atoms with Gasteiger partial charge in [-0.1, -0.05) is 12.1 Å². The lowest BCUT2D eigenvalue weighted by Crippen LogP contribution is -2.33. The minimum atomic E-state index is -0.300. The molecule has 1 heterocycles. The van der Waals surface area contributed by atoms with Crippen LogP contribution in [0.1, 0.15) is 35.3 Å². The maximum atomic E-state index is 12.9. The Balaban J connectivity index is 1.82. The first-order valence-corrected chi connectivity index (χ1v) is 8.25. The lowest BCUT2D eigenvalue weighted by Gasteiger charge is -2.25. The van der Waals surface area contributed by atoms with Gasteiger partial charge in [-0.3, -0.25) is 9.59 Å². The molecule has 122 valence electrons. The molecule has 0 aliphatic carbocycles. The van der Waals surface area contributed by atoms with Crippen LogP contribution in [0.4, 0.5) is 4.39 Å². The molecule has 4 nitrogen and oxygen atoms in total. The van der Waals surface area contributed by atoms with Crippen LogP contribution in [0.3, 0.4) is 0 Å². The number of thiophene rings is 1. The van der Waals surface area contributed by atoms with E-state index >= 15 is 0 Å². The van der Waals surface area contributed by atoms with Crippen molar-refractivity contribution in [3.8, 4) is 0 Å². The molecule has 2 amide bonds. The van der Waals surface area contributed by atoms with Gasteiger partial charge in [-0.05, 0) is 36.1 Å². The normalized spacial score (nSPS) is 11.8. The summed E-state index contributed by atoms with van der Waals surface area (Å²) >= 11 is 1.45. The third-order valence-corrected chi connectivity index (χ3v) is 4.42. The summed E-state index contributed by atoms with van der Waals surface area (Å²) in [7, 11) is 1.71. The first-order valence-electron chi connectivity index (χ1n) is 7.30. The van der Waals surface area contributed by atoms with Gasteiger partial charge in [-0.15, -0.1) is 0 Å². The van der Waals surface area contributed by atoms with E-state index in [1.807, 2.05) is 12.3 Å². The maximum Gasteiger partial charge on any atom is 0.252 e. The van der Waals surface area contributed by atoms with E-state index in [9.17, 15) is 14.0 Å². The molecule has 0 fully saturated rings. The van der Waals surface area contributed by atoms with E-state index in [4.69, 9.17) is 0 Å². The van der Waals surface area contributed by atoms with Gasteiger partial charge in [-0.2, -0.15) is 11.3 Å². The predicted molar refractivity (Wildman–Crippen MR) is 88.9 cm³/mol. The average Bonchev–Trinajstić information content (AvgIpc) is 3.08. The van der Waals surface area contributed by atoms with E-state index in [1.165, 1.54) is 23.5 Å². The van der Waals surface area contributed by atoms with Gasteiger partial charge in [0.05, 0.1) is 6.04 Å². The SMILES string of the molecule is CC(c1ccc(F)cc1)N(C)C(=O)CCNC(=O)c1ccsc1. The fraction of sp³-hybridized carbons (Fsp3) is 0.294. The Morgan fingerprint density at radius 2 is 1.96 bits per heavy atom. The molecule has 0 radical (unpaired) electrons. The summed E-state index contributed by atoms with van der Waals surface area (Å²) in [5.41, 5.74) is 1.47. The summed E-state index contributed by atoms with van der Waals surface area (Å²) in [5.74, 6) is -0.549. The molecular weight excluding hydrogens is 315 g/mol. The van der Waals surface area contributed by atoms with Crippen LogP contribution < -0.4 is 5.32 Å². The van der Waals surface area contributed by atoms with Crippen LogP contribution in [0.15, 0.2) is 41.1 Å². The van der Waals surface area contributed by atoms with Crippen molar-refractivity contribution >= 4 is 23.2 Å². The quantitative estimate of drug-likeness (QED) is 0.882. The van der Waals surface area contributed by atoms with Crippen molar-refractivity contribution in [3.63, 3.8) is 0 Å². The molecular formula is C17H19FN2O2S. The number of hydrogen-bond donors (Lipinski definition) is 1. The summed E-state index contributed by atoms with van der Waals surface area (Å²) in [6, 6.07) is 7.68. The molecule has 1 unspecified atom stereocenters. The van der Waals surface area contributed by atoms with Gasteiger partial charge in [-0.25, -0.2) is 4.39 Å². The molecule has 2 aromatic rings. The van der Waals surface area contributed by atoms with Gasteiger partial charge < -0.3 is 10.2 Å². The summed E-state index contributed by atoms with van der Waals surface area (Å²) in [6.07, 6.45) is 0.220. The largest absolute Gasteiger partial charge is 0.351 e. The number of carbonyl (C=O) groups excluding carboxylic acids is 2. The second-order valence-electron chi connectivity index (χ2n) is 5.25. The lowest BCUT2D eigenvalue weighted by atomic mass is 10.1. The third-order valence-electron chi connectivity index (χ3n) is 3.73. The highest BCUT2D eigenvalue weighted by atomic mass is 32.1. The molecule has 2 rings (SSSR count). The van der Waals surface area contributed by atoms with Crippen molar-refractivity contribution in [1.82, 2.24) is 10.2 Å². The second-order valence-corrected chi connectivity index (χ2v) is 6.03. The molecule has 0 spiro atoms. The Morgan fingerprint density at radius 3 is 2.57 bits per heavy atom. The highest BCUT2D eigenvalue weighted by Crippen LogP contribution is 2.19. The van der Waals surface area contributed by atoms with Crippen LogP contribution >= 0.6 is 11.3 Å². The van der Waals surface area contributed by atoms with Crippen LogP contribution in [0.25, 0.3) is 0 Å². The minimum absolute atomic E-state index is 0.0764. The van der Waals surface area contributed by atoms with Gasteiger partial charge in [0.2, 0.25) is 5.91 Å². The molecule has 0 bridgehead atoms. The van der Waals surface area contributed by atoms with E-state index in [2.05, 4.69) is 5.32 Å². The first-order chi connectivity index (χ1) is 11.0. The minimum Gasteiger partial charge on any atom is -0.351 e. The number of nitrogens with zero attached hydrogens (tertiary/aromatic N) is 1. The topological polar surface area (TPSA) is 49.4 Å². The van der Waals surface area contributed by atoms with Crippen molar-refractivity contribution in [2.24, 2.45) is 0 Å².